The van der Waals surface area contributed by atoms with E-state index in [9.17, 15) is 20.4 Å². The zero-order valence-electron chi connectivity index (χ0n) is 13.8. The summed E-state index contributed by atoms with van der Waals surface area (Å²) in [6.45, 7) is -0.903. The molecule has 0 bridgehead atoms. The van der Waals surface area contributed by atoms with E-state index in [1.807, 2.05) is 0 Å². The molecule has 1 unspecified atom stereocenters. The predicted octanol–water partition coefficient (Wildman–Crippen LogP) is -1.75. The Hall–Kier alpha value is -1.46. The minimum absolute atomic E-state index is 0.0994. The minimum atomic E-state index is -1.53. The van der Waals surface area contributed by atoms with Crippen LogP contribution in [0.2, 0.25) is 0 Å². The van der Waals surface area contributed by atoms with Crippen molar-refractivity contribution in [2.45, 2.75) is 36.8 Å². The number of hydrogen-bond acceptors (Lipinski definition) is 9. The lowest BCUT2D eigenvalue weighted by molar-refractivity contribution is -0.304. The first-order chi connectivity index (χ1) is 12.0. The second-order valence-corrected chi connectivity index (χ2v) is 5.65. The van der Waals surface area contributed by atoms with Crippen LogP contribution < -0.4 is 9.47 Å². The summed E-state index contributed by atoms with van der Waals surface area (Å²) < 4.78 is 21.0. The third-order valence-corrected chi connectivity index (χ3v) is 3.80. The molecule has 0 radical (unpaired) electrons. The fourth-order valence-electron chi connectivity index (χ4n) is 2.38. The molecule has 1 aliphatic rings. The Bertz CT molecular complexity index is 524. The molecule has 1 fully saturated rings. The molecule has 1 heterocycles. The van der Waals surface area contributed by atoms with Crippen molar-refractivity contribution in [3.05, 3.63) is 24.3 Å². The summed E-state index contributed by atoms with van der Waals surface area (Å²) in [5, 5.41) is 48.2. The topological polar surface area (TPSA) is 138 Å². The third kappa shape index (κ3) is 5.02. The van der Waals surface area contributed by atoms with Crippen molar-refractivity contribution in [1.82, 2.24) is 0 Å². The van der Waals surface area contributed by atoms with Crippen LogP contribution in [0, 0.1) is 0 Å². The normalized spacial score (nSPS) is 30.7. The molecule has 0 aromatic heterocycles. The summed E-state index contributed by atoms with van der Waals surface area (Å²) in [5.41, 5.74) is 0. The molecule has 1 saturated heterocycles. The maximum atomic E-state index is 9.94. The van der Waals surface area contributed by atoms with Crippen LogP contribution in [-0.2, 0) is 9.47 Å². The summed E-state index contributed by atoms with van der Waals surface area (Å²) in [6.07, 6.45) is -7.91. The predicted molar refractivity (Wildman–Crippen MR) is 84.2 cm³/mol. The van der Waals surface area contributed by atoms with E-state index in [-0.39, 0.29) is 13.2 Å². The fraction of sp³-hybridized carbons (Fsp3) is 0.625. The molecular formula is C16H24O9. The first-order valence-electron chi connectivity index (χ1n) is 7.84. The van der Waals surface area contributed by atoms with Crippen LogP contribution in [0.3, 0.4) is 0 Å². The summed E-state index contributed by atoms with van der Waals surface area (Å²) in [6, 6.07) is 6.94. The third-order valence-electron chi connectivity index (χ3n) is 3.80. The van der Waals surface area contributed by atoms with E-state index in [0.29, 0.717) is 11.5 Å². The smallest absolute Gasteiger partial charge is 0.186 e. The van der Waals surface area contributed by atoms with Crippen molar-refractivity contribution in [3.8, 4) is 11.5 Å². The molecule has 0 amide bonds. The fourth-order valence-corrected chi connectivity index (χ4v) is 2.38. The molecule has 1 aromatic rings. The lowest BCUT2D eigenvalue weighted by Gasteiger charge is -2.39. The van der Waals surface area contributed by atoms with E-state index in [4.69, 9.17) is 24.1 Å². The van der Waals surface area contributed by atoms with Crippen LogP contribution in [0.4, 0.5) is 0 Å². The summed E-state index contributed by atoms with van der Waals surface area (Å²) in [7, 11) is 1.50. The zero-order valence-corrected chi connectivity index (χ0v) is 13.8. The first kappa shape index (κ1) is 19.9. The van der Waals surface area contributed by atoms with Gasteiger partial charge < -0.3 is 44.5 Å². The Balaban J connectivity index is 1.82. The monoisotopic (exact) mass is 360 g/mol. The molecule has 0 aliphatic carbocycles. The molecule has 0 spiro atoms. The number of methoxy groups -OCH3 is 1. The van der Waals surface area contributed by atoms with Gasteiger partial charge in [-0.15, -0.1) is 0 Å². The van der Waals surface area contributed by atoms with E-state index < -0.39 is 43.4 Å². The molecule has 142 valence electrons. The first-order valence-corrected chi connectivity index (χ1v) is 7.84. The summed E-state index contributed by atoms with van der Waals surface area (Å²) in [4.78, 5) is 0. The molecular weight excluding hydrogens is 336 g/mol. The van der Waals surface area contributed by atoms with Crippen molar-refractivity contribution >= 4 is 0 Å². The molecule has 2 rings (SSSR count). The minimum Gasteiger partial charge on any atom is -0.493 e. The molecule has 5 N–H and O–H groups in total. The largest absolute Gasteiger partial charge is 0.493 e. The van der Waals surface area contributed by atoms with E-state index in [1.165, 1.54) is 7.11 Å². The number of aliphatic hydroxyl groups excluding tert-OH is 5. The lowest BCUT2D eigenvalue weighted by atomic mass is 9.99. The van der Waals surface area contributed by atoms with Crippen molar-refractivity contribution in [2.75, 3.05) is 26.9 Å². The number of aliphatic hydroxyl groups is 5. The van der Waals surface area contributed by atoms with Crippen LogP contribution in [-0.4, -0.2) is 89.3 Å². The van der Waals surface area contributed by atoms with Gasteiger partial charge >= 0.3 is 0 Å². The maximum absolute atomic E-state index is 9.94. The number of hydrogen-bond donors (Lipinski definition) is 5. The van der Waals surface area contributed by atoms with Gasteiger partial charge in [-0.1, -0.05) is 12.1 Å². The highest BCUT2D eigenvalue weighted by Crippen LogP contribution is 2.26. The van der Waals surface area contributed by atoms with Gasteiger partial charge in [0.1, 0.15) is 37.1 Å². The molecule has 25 heavy (non-hydrogen) atoms. The van der Waals surface area contributed by atoms with E-state index in [2.05, 4.69) is 0 Å². The van der Waals surface area contributed by atoms with Gasteiger partial charge in [0, 0.05) is 0 Å². The van der Waals surface area contributed by atoms with Crippen LogP contribution in [0.25, 0.3) is 0 Å². The highest BCUT2D eigenvalue weighted by Gasteiger charge is 2.44. The maximum Gasteiger partial charge on any atom is 0.186 e. The van der Waals surface area contributed by atoms with E-state index in [0.717, 1.165) is 0 Å². The van der Waals surface area contributed by atoms with E-state index in [1.54, 1.807) is 24.3 Å². The molecule has 1 aromatic carbocycles. The SMILES string of the molecule is COc1ccccc1OCC(O)CO[C@@H]1O[C@@H](CO)[C@H](O)[C@@H](O)[C@@H]1O. The highest BCUT2D eigenvalue weighted by molar-refractivity contribution is 5.39. The Morgan fingerprint density at radius 3 is 2.36 bits per heavy atom. The lowest BCUT2D eigenvalue weighted by Crippen LogP contribution is -2.59. The van der Waals surface area contributed by atoms with Gasteiger partial charge in [0.15, 0.2) is 17.8 Å². The van der Waals surface area contributed by atoms with Crippen molar-refractivity contribution in [1.29, 1.82) is 0 Å². The van der Waals surface area contributed by atoms with Crippen LogP contribution >= 0.6 is 0 Å². The second kappa shape index (κ2) is 9.30. The Kier molecular flexibility index (Phi) is 7.38. The zero-order chi connectivity index (χ0) is 18.4. The van der Waals surface area contributed by atoms with Crippen LogP contribution in [0.1, 0.15) is 0 Å². The summed E-state index contributed by atoms with van der Waals surface area (Å²) in [5.74, 6) is 0.974. The Morgan fingerprint density at radius 1 is 1.04 bits per heavy atom. The number of para-hydroxylation sites is 2. The van der Waals surface area contributed by atoms with E-state index >= 15 is 0 Å². The Labute approximate surface area is 145 Å². The second-order valence-electron chi connectivity index (χ2n) is 5.65. The number of ether oxygens (including phenoxy) is 4. The van der Waals surface area contributed by atoms with Crippen LogP contribution in [0.5, 0.6) is 11.5 Å². The van der Waals surface area contributed by atoms with Crippen molar-refractivity contribution in [3.63, 3.8) is 0 Å². The van der Waals surface area contributed by atoms with Crippen molar-refractivity contribution in [2.24, 2.45) is 0 Å². The molecule has 1 aliphatic heterocycles. The van der Waals surface area contributed by atoms with Gasteiger partial charge in [-0.3, -0.25) is 0 Å². The van der Waals surface area contributed by atoms with Crippen molar-refractivity contribution < 1.29 is 44.5 Å². The average Bonchev–Trinajstić information content (AvgIpc) is 2.64. The molecule has 6 atom stereocenters. The number of rotatable bonds is 8. The Morgan fingerprint density at radius 2 is 1.72 bits per heavy atom. The highest BCUT2D eigenvalue weighted by atomic mass is 16.7. The van der Waals surface area contributed by atoms with Gasteiger partial charge in [-0.25, -0.2) is 0 Å². The standard InChI is InChI=1S/C16H24O9/c1-22-10-4-2-3-5-11(10)23-7-9(18)8-24-16-15(21)14(20)13(19)12(6-17)25-16/h2-5,9,12-21H,6-8H2,1H3/t9?,12-,13-,14+,15-,16+/m0/s1. The van der Waals surface area contributed by atoms with Gasteiger partial charge in [0.05, 0.1) is 20.3 Å². The molecule has 9 heteroatoms. The molecule has 9 nitrogen and oxygen atoms in total. The van der Waals surface area contributed by atoms with Gasteiger partial charge in [0.2, 0.25) is 0 Å². The quantitative estimate of drug-likeness (QED) is 0.365. The average molecular weight is 360 g/mol. The van der Waals surface area contributed by atoms with Crippen LogP contribution in [0.15, 0.2) is 24.3 Å². The van der Waals surface area contributed by atoms with Gasteiger partial charge in [-0.05, 0) is 12.1 Å². The van der Waals surface area contributed by atoms with Gasteiger partial charge in [-0.2, -0.15) is 0 Å². The number of benzene rings is 1. The summed E-state index contributed by atoms with van der Waals surface area (Å²) >= 11 is 0. The molecule has 0 saturated carbocycles. The van der Waals surface area contributed by atoms with Gasteiger partial charge in [0.25, 0.3) is 0 Å².